The number of halogens is 3. The lowest BCUT2D eigenvalue weighted by Crippen LogP contribution is -2.27. The third kappa shape index (κ3) is 6.74. The molecule has 0 atom stereocenters. The second-order valence-corrected chi connectivity index (χ2v) is 9.44. The van der Waals surface area contributed by atoms with Gasteiger partial charge in [0.15, 0.2) is 0 Å². The van der Waals surface area contributed by atoms with Gasteiger partial charge in [-0.15, -0.1) is 11.8 Å². The smallest absolute Gasteiger partial charge is 0.350 e. The van der Waals surface area contributed by atoms with Crippen LogP contribution in [0.4, 0.5) is 18.9 Å². The zero-order chi connectivity index (χ0) is 26.4. The van der Waals surface area contributed by atoms with E-state index in [1.54, 1.807) is 0 Å². The maximum absolute atomic E-state index is 12.9. The molecule has 0 saturated carbocycles. The molecule has 0 bridgehead atoms. The summed E-state index contributed by atoms with van der Waals surface area (Å²) in [6, 6.07) is 19.8. The molecule has 1 aromatic heterocycles. The van der Waals surface area contributed by atoms with Gasteiger partial charge in [-0.05, 0) is 48.4 Å². The molecule has 37 heavy (non-hydrogen) atoms. The summed E-state index contributed by atoms with van der Waals surface area (Å²) in [5, 5.41) is 6.58. The highest BCUT2D eigenvalue weighted by molar-refractivity contribution is 8.00. The summed E-state index contributed by atoms with van der Waals surface area (Å²) in [7, 11) is 0. The Morgan fingerprint density at radius 3 is 2.46 bits per heavy atom. The molecule has 192 valence electrons. The molecule has 0 saturated heterocycles. The van der Waals surface area contributed by atoms with Crippen LogP contribution in [0.25, 0.3) is 10.9 Å². The van der Waals surface area contributed by atoms with Crippen LogP contribution in [-0.4, -0.2) is 28.7 Å². The first-order chi connectivity index (χ1) is 17.7. The molecule has 2 N–H and O–H groups in total. The number of rotatable bonds is 9. The number of fused-ring (bicyclic) bond motifs is 1. The summed E-state index contributed by atoms with van der Waals surface area (Å²) in [6.07, 6.45) is -1.65. The van der Waals surface area contributed by atoms with Crippen LogP contribution in [0.2, 0.25) is 0 Å². The van der Waals surface area contributed by atoms with E-state index in [2.05, 4.69) is 17.6 Å². The van der Waals surface area contributed by atoms with Crippen molar-refractivity contribution >= 4 is 40.2 Å². The van der Waals surface area contributed by atoms with Gasteiger partial charge in [-0.2, -0.15) is 13.2 Å². The Morgan fingerprint density at radius 1 is 0.973 bits per heavy atom. The fraction of sp³-hybridized carbons (Fsp3) is 0.214. The van der Waals surface area contributed by atoms with Gasteiger partial charge in [0.25, 0.3) is 5.91 Å². The molecule has 0 aliphatic heterocycles. The molecule has 0 radical (unpaired) electrons. The van der Waals surface area contributed by atoms with Gasteiger partial charge >= 0.3 is 6.18 Å². The van der Waals surface area contributed by atoms with Gasteiger partial charge in [0.2, 0.25) is 5.91 Å². The SMILES string of the molecule is CCc1ccc(NC(=O)CSc2cn(CCNC(=O)c3cccc(C(F)(F)F)c3)c3ccccc23)cc1. The van der Waals surface area contributed by atoms with Crippen molar-refractivity contribution in [1.82, 2.24) is 9.88 Å². The largest absolute Gasteiger partial charge is 0.416 e. The maximum Gasteiger partial charge on any atom is 0.416 e. The highest BCUT2D eigenvalue weighted by Gasteiger charge is 2.30. The number of nitrogens with one attached hydrogen (secondary N) is 2. The Labute approximate surface area is 217 Å². The van der Waals surface area contributed by atoms with E-state index in [9.17, 15) is 22.8 Å². The van der Waals surface area contributed by atoms with Crippen molar-refractivity contribution in [2.24, 2.45) is 0 Å². The molecule has 4 rings (SSSR count). The molecular weight excluding hydrogens is 499 g/mol. The summed E-state index contributed by atoms with van der Waals surface area (Å²) in [6.45, 7) is 2.72. The van der Waals surface area contributed by atoms with Crippen LogP contribution in [0.3, 0.4) is 0 Å². The monoisotopic (exact) mass is 525 g/mol. The van der Waals surface area contributed by atoms with Crippen LogP contribution in [-0.2, 0) is 23.9 Å². The summed E-state index contributed by atoms with van der Waals surface area (Å²) in [5.41, 5.74) is 1.99. The first-order valence-electron chi connectivity index (χ1n) is 11.8. The lowest BCUT2D eigenvalue weighted by Gasteiger charge is -2.10. The molecule has 2 amide bonds. The number of nitrogens with zero attached hydrogens (tertiary/aromatic N) is 1. The van der Waals surface area contributed by atoms with Crippen molar-refractivity contribution in [2.75, 3.05) is 17.6 Å². The Morgan fingerprint density at radius 2 is 1.73 bits per heavy atom. The Bertz CT molecular complexity index is 1400. The molecule has 0 unspecified atom stereocenters. The molecule has 0 aliphatic rings. The van der Waals surface area contributed by atoms with E-state index < -0.39 is 17.6 Å². The van der Waals surface area contributed by atoms with Gasteiger partial charge in [-0.3, -0.25) is 9.59 Å². The fourth-order valence-electron chi connectivity index (χ4n) is 3.91. The maximum atomic E-state index is 12.9. The fourth-order valence-corrected chi connectivity index (χ4v) is 4.79. The van der Waals surface area contributed by atoms with E-state index in [1.807, 2.05) is 59.3 Å². The zero-order valence-electron chi connectivity index (χ0n) is 20.1. The van der Waals surface area contributed by atoms with E-state index in [0.717, 1.165) is 40.0 Å². The van der Waals surface area contributed by atoms with Gasteiger partial charge in [-0.1, -0.05) is 43.3 Å². The van der Waals surface area contributed by atoms with Gasteiger partial charge in [0.05, 0.1) is 11.3 Å². The normalized spacial score (nSPS) is 11.5. The quantitative estimate of drug-likeness (QED) is 0.249. The van der Waals surface area contributed by atoms with Gasteiger partial charge in [-0.25, -0.2) is 0 Å². The van der Waals surface area contributed by atoms with Gasteiger partial charge in [0, 0.05) is 46.3 Å². The first-order valence-corrected chi connectivity index (χ1v) is 12.8. The third-order valence-corrected chi connectivity index (χ3v) is 6.89. The van der Waals surface area contributed by atoms with Crippen molar-refractivity contribution in [3.8, 4) is 0 Å². The Balaban J connectivity index is 1.37. The van der Waals surface area contributed by atoms with E-state index in [4.69, 9.17) is 0 Å². The summed E-state index contributed by atoms with van der Waals surface area (Å²) >= 11 is 1.42. The second-order valence-electron chi connectivity index (χ2n) is 8.43. The number of carbonyl (C=O) groups is 2. The molecule has 0 fully saturated rings. The van der Waals surface area contributed by atoms with Crippen molar-refractivity contribution in [2.45, 2.75) is 31.0 Å². The van der Waals surface area contributed by atoms with Gasteiger partial charge in [0.1, 0.15) is 0 Å². The molecule has 0 aliphatic carbocycles. The van der Waals surface area contributed by atoms with Crippen molar-refractivity contribution < 1.29 is 22.8 Å². The molecule has 4 aromatic rings. The number of carbonyl (C=O) groups excluding carboxylic acids is 2. The van der Waals surface area contributed by atoms with Gasteiger partial charge < -0.3 is 15.2 Å². The van der Waals surface area contributed by atoms with Crippen LogP contribution < -0.4 is 10.6 Å². The van der Waals surface area contributed by atoms with Crippen LogP contribution in [0.5, 0.6) is 0 Å². The molecule has 0 spiro atoms. The third-order valence-electron chi connectivity index (χ3n) is 5.85. The van der Waals surface area contributed by atoms with Crippen LogP contribution in [0.1, 0.15) is 28.4 Å². The van der Waals surface area contributed by atoms with Crippen molar-refractivity contribution in [3.05, 3.63) is 95.7 Å². The number of amides is 2. The van der Waals surface area contributed by atoms with Crippen molar-refractivity contribution in [1.29, 1.82) is 0 Å². The molecule has 5 nitrogen and oxygen atoms in total. The summed E-state index contributed by atoms with van der Waals surface area (Å²) in [5.74, 6) is -0.448. The number of hydrogen-bond acceptors (Lipinski definition) is 3. The molecule has 1 heterocycles. The van der Waals surface area contributed by atoms with Crippen LogP contribution in [0.15, 0.2) is 83.9 Å². The Kier molecular flexibility index (Phi) is 8.23. The first kappa shape index (κ1) is 26.3. The number of anilines is 1. The predicted octanol–water partition coefficient (Wildman–Crippen LogP) is 6.38. The minimum Gasteiger partial charge on any atom is -0.350 e. The van der Waals surface area contributed by atoms with E-state index in [1.165, 1.54) is 29.5 Å². The predicted molar refractivity (Wildman–Crippen MR) is 141 cm³/mol. The topological polar surface area (TPSA) is 63.1 Å². The number of para-hydroxylation sites is 1. The summed E-state index contributed by atoms with van der Waals surface area (Å²) in [4.78, 5) is 25.8. The van der Waals surface area contributed by atoms with Crippen LogP contribution in [0, 0.1) is 0 Å². The minimum absolute atomic E-state index is 0.0428. The zero-order valence-corrected chi connectivity index (χ0v) is 21.0. The number of aromatic nitrogens is 1. The van der Waals surface area contributed by atoms with E-state index >= 15 is 0 Å². The number of aryl methyl sites for hydroxylation is 1. The highest BCUT2D eigenvalue weighted by Crippen LogP contribution is 2.31. The summed E-state index contributed by atoms with van der Waals surface area (Å²) < 4.78 is 40.8. The Hall–Kier alpha value is -3.72. The standard InChI is InChI=1S/C28H26F3N3O2S/c1-2-19-10-12-22(13-11-19)33-26(35)18-37-25-17-34(24-9-4-3-8-23(24)25)15-14-32-27(36)20-6-5-7-21(16-20)28(29,30)31/h3-13,16-17H,2,14-15,18H2,1H3,(H,32,36)(H,33,35). The van der Waals surface area contributed by atoms with E-state index in [0.29, 0.717) is 6.54 Å². The number of thioether (sulfide) groups is 1. The molecular formula is C28H26F3N3O2S. The number of alkyl halides is 3. The average molecular weight is 526 g/mol. The van der Waals surface area contributed by atoms with Crippen LogP contribution >= 0.6 is 11.8 Å². The van der Waals surface area contributed by atoms with Crippen molar-refractivity contribution in [3.63, 3.8) is 0 Å². The second kappa shape index (κ2) is 11.6. The minimum atomic E-state index is -4.51. The molecule has 9 heteroatoms. The lowest BCUT2D eigenvalue weighted by atomic mass is 10.1. The van der Waals surface area contributed by atoms with E-state index in [-0.39, 0.29) is 23.8 Å². The number of benzene rings is 3. The average Bonchev–Trinajstić information content (AvgIpc) is 3.25. The highest BCUT2D eigenvalue weighted by atomic mass is 32.2. The number of hydrogen-bond donors (Lipinski definition) is 2. The lowest BCUT2D eigenvalue weighted by molar-refractivity contribution is -0.137. The molecule has 3 aromatic carbocycles.